The van der Waals surface area contributed by atoms with Gasteiger partial charge in [0, 0.05) is 24.0 Å². The first kappa shape index (κ1) is 12.7. The fourth-order valence-corrected chi connectivity index (χ4v) is 2.39. The average Bonchev–Trinajstić information content (AvgIpc) is 2.54. The second kappa shape index (κ2) is 5.76. The van der Waals surface area contributed by atoms with E-state index in [1.807, 2.05) is 23.1 Å². The van der Waals surface area contributed by atoms with Gasteiger partial charge in [0.25, 0.3) is 0 Å². The predicted octanol–water partition coefficient (Wildman–Crippen LogP) is 3.07. The van der Waals surface area contributed by atoms with Crippen LogP contribution >= 0.6 is 0 Å². The van der Waals surface area contributed by atoms with E-state index >= 15 is 0 Å². The van der Waals surface area contributed by atoms with E-state index < -0.39 is 0 Å². The van der Waals surface area contributed by atoms with Crippen molar-refractivity contribution in [2.45, 2.75) is 38.6 Å². The van der Waals surface area contributed by atoms with Crippen LogP contribution in [0.15, 0.2) is 24.3 Å². The molecule has 0 spiro atoms. The fourth-order valence-electron chi connectivity index (χ4n) is 2.39. The normalized spacial score (nSPS) is 20.3. The van der Waals surface area contributed by atoms with Crippen LogP contribution in [0.5, 0.6) is 0 Å². The Hall–Kier alpha value is -1.71. The summed E-state index contributed by atoms with van der Waals surface area (Å²) in [6.07, 6.45) is 4.61. The molecule has 18 heavy (non-hydrogen) atoms. The first-order valence-electron chi connectivity index (χ1n) is 6.60. The zero-order valence-corrected chi connectivity index (χ0v) is 10.9. The maximum Gasteiger partial charge on any atom is 0.322 e. The van der Waals surface area contributed by atoms with E-state index in [1.54, 1.807) is 6.07 Å². The van der Waals surface area contributed by atoms with Gasteiger partial charge in [0.1, 0.15) is 0 Å². The molecule has 2 amide bonds. The number of benzene rings is 1. The van der Waals surface area contributed by atoms with Crippen molar-refractivity contribution in [3.8, 4) is 0 Å². The molecule has 0 aliphatic carbocycles. The molecule has 4 nitrogen and oxygen atoms in total. The Kier molecular flexibility index (Phi) is 4.07. The molecule has 1 fully saturated rings. The number of hydrogen-bond donors (Lipinski definition) is 2. The molecule has 0 aromatic heterocycles. The van der Waals surface area contributed by atoms with Gasteiger partial charge >= 0.3 is 6.03 Å². The Morgan fingerprint density at radius 3 is 3.00 bits per heavy atom. The summed E-state index contributed by atoms with van der Waals surface area (Å²) in [4.78, 5) is 14.1. The molecule has 1 aromatic carbocycles. The monoisotopic (exact) mass is 247 g/mol. The number of anilines is 2. The number of nitrogen functional groups attached to an aromatic ring is 1. The van der Waals surface area contributed by atoms with Gasteiger partial charge in [-0.05, 0) is 38.0 Å². The number of nitrogens with two attached hydrogens (primary N) is 1. The molecule has 1 aliphatic rings. The van der Waals surface area contributed by atoms with Crippen LogP contribution < -0.4 is 11.1 Å². The fraction of sp³-hybridized carbons (Fsp3) is 0.500. The summed E-state index contributed by atoms with van der Waals surface area (Å²) in [5.74, 6) is 0. The molecule has 1 unspecified atom stereocenters. The van der Waals surface area contributed by atoms with E-state index in [-0.39, 0.29) is 6.03 Å². The standard InChI is InChI=1S/C14H21N3O/c1-11-6-3-2-4-9-17(11)14(18)16-13-8-5-7-12(15)10-13/h5,7-8,10-11H,2-4,6,9,15H2,1H3,(H,16,18). The topological polar surface area (TPSA) is 58.4 Å². The van der Waals surface area contributed by atoms with Crippen molar-refractivity contribution in [2.75, 3.05) is 17.6 Å². The first-order chi connectivity index (χ1) is 8.66. The highest BCUT2D eigenvalue weighted by atomic mass is 16.2. The molecule has 1 saturated heterocycles. The number of amides is 2. The summed E-state index contributed by atoms with van der Waals surface area (Å²) in [6.45, 7) is 2.96. The highest BCUT2D eigenvalue weighted by Crippen LogP contribution is 2.18. The quantitative estimate of drug-likeness (QED) is 0.749. The molecule has 4 heteroatoms. The lowest BCUT2D eigenvalue weighted by molar-refractivity contribution is 0.194. The van der Waals surface area contributed by atoms with E-state index in [1.165, 1.54) is 12.8 Å². The Morgan fingerprint density at radius 1 is 1.39 bits per heavy atom. The van der Waals surface area contributed by atoms with Crippen molar-refractivity contribution in [1.82, 2.24) is 4.90 Å². The molecule has 3 N–H and O–H groups in total. The van der Waals surface area contributed by atoms with Crippen molar-refractivity contribution in [3.05, 3.63) is 24.3 Å². The Balaban J connectivity index is 2.02. The second-order valence-electron chi connectivity index (χ2n) is 4.95. The zero-order valence-electron chi connectivity index (χ0n) is 10.9. The summed E-state index contributed by atoms with van der Waals surface area (Å²) in [5.41, 5.74) is 7.12. The molecule has 2 rings (SSSR count). The number of urea groups is 1. The van der Waals surface area contributed by atoms with E-state index in [0.717, 1.165) is 25.1 Å². The number of rotatable bonds is 1. The summed E-state index contributed by atoms with van der Waals surface area (Å²) < 4.78 is 0. The third kappa shape index (κ3) is 3.15. The van der Waals surface area contributed by atoms with Crippen LogP contribution in [0.4, 0.5) is 16.2 Å². The molecule has 0 bridgehead atoms. The highest BCUT2D eigenvalue weighted by molar-refractivity contribution is 5.90. The van der Waals surface area contributed by atoms with Crippen LogP contribution in [0.1, 0.15) is 32.6 Å². The maximum absolute atomic E-state index is 12.2. The molecule has 98 valence electrons. The van der Waals surface area contributed by atoms with Gasteiger partial charge < -0.3 is 16.0 Å². The minimum Gasteiger partial charge on any atom is -0.399 e. The lowest BCUT2D eigenvalue weighted by Gasteiger charge is -2.27. The summed E-state index contributed by atoms with van der Waals surface area (Å²) >= 11 is 0. The Morgan fingerprint density at radius 2 is 2.22 bits per heavy atom. The molecule has 1 aromatic rings. The Labute approximate surface area is 108 Å². The van der Waals surface area contributed by atoms with Gasteiger partial charge in [-0.2, -0.15) is 0 Å². The minimum atomic E-state index is -0.0185. The van der Waals surface area contributed by atoms with Gasteiger partial charge in [0.2, 0.25) is 0 Å². The third-order valence-electron chi connectivity index (χ3n) is 3.45. The van der Waals surface area contributed by atoms with Crippen molar-refractivity contribution >= 4 is 17.4 Å². The van der Waals surface area contributed by atoms with Crippen LogP contribution in [-0.2, 0) is 0 Å². The highest BCUT2D eigenvalue weighted by Gasteiger charge is 2.21. The van der Waals surface area contributed by atoms with E-state index in [2.05, 4.69) is 12.2 Å². The SMILES string of the molecule is CC1CCCCCN1C(=O)Nc1cccc(N)c1. The number of carbonyl (C=O) groups excluding carboxylic acids is 1. The number of nitrogens with zero attached hydrogens (tertiary/aromatic N) is 1. The third-order valence-corrected chi connectivity index (χ3v) is 3.45. The van der Waals surface area contributed by atoms with Gasteiger partial charge in [0.15, 0.2) is 0 Å². The molecule has 0 saturated carbocycles. The Bertz CT molecular complexity index is 419. The smallest absolute Gasteiger partial charge is 0.322 e. The number of carbonyl (C=O) groups is 1. The van der Waals surface area contributed by atoms with Crippen LogP contribution in [0, 0.1) is 0 Å². The molecule has 1 aliphatic heterocycles. The lowest BCUT2D eigenvalue weighted by Crippen LogP contribution is -2.41. The van der Waals surface area contributed by atoms with Gasteiger partial charge in [-0.1, -0.05) is 18.9 Å². The van der Waals surface area contributed by atoms with Crippen LogP contribution in [-0.4, -0.2) is 23.5 Å². The van der Waals surface area contributed by atoms with Crippen LogP contribution in [0.25, 0.3) is 0 Å². The summed E-state index contributed by atoms with van der Waals surface area (Å²) in [7, 11) is 0. The molecule has 1 heterocycles. The largest absolute Gasteiger partial charge is 0.399 e. The number of likely N-dealkylation sites (tertiary alicyclic amines) is 1. The predicted molar refractivity (Wildman–Crippen MR) is 74.5 cm³/mol. The van der Waals surface area contributed by atoms with Crippen LogP contribution in [0.2, 0.25) is 0 Å². The van der Waals surface area contributed by atoms with Crippen molar-refractivity contribution in [2.24, 2.45) is 0 Å². The number of hydrogen-bond acceptors (Lipinski definition) is 2. The summed E-state index contributed by atoms with van der Waals surface area (Å²) in [5, 5.41) is 2.92. The lowest BCUT2D eigenvalue weighted by atomic mass is 10.1. The van der Waals surface area contributed by atoms with Crippen LogP contribution in [0.3, 0.4) is 0 Å². The van der Waals surface area contributed by atoms with Gasteiger partial charge in [-0.25, -0.2) is 4.79 Å². The molecule has 1 atom stereocenters. The minimum absolute atomic E-state index is 0.0185. The zero-order chi connectivity index (χ0) is 13.0. The van der Waals surface area contributed by atoms with Crippen molar-refractivity contribution in [1.29, 1.82) is 0 Å². The molecular formula is C14H21N3O. The first-order valence-corrected chi connectivity index (χ1v) is 6.60. The van der Waals surface area contributed by atoms with Crippen molar-refractivity contribution < 1.29 is 4.79 Å². The van der Waals surface area contributed by atoms with Gasteiger partial charge in [-0.3, -0.25) is 0 Å². The number of nitrogens with one attached hydrogen (secondary N) is 1. The molecule has 0 radical (unpaired) electrons. The van der Waals surface area contributed by atoms with Crippen molar-refractivity contribution in [3.63, 3.8) is 0 Å². The molecular weight excluding hydrogens is 226 g/mol. The van der Waals surface area contributed by atoms with Gasteiger partial charge in [-0.15, -0.1) is 0 Å². The van der Waals surface area contributed by atoms with E-state index in [0.29, 0.717) is 11.7 Å². The average molecular weight is 247 g/mol. The maximum atomic E-state index is 12.2. The van der Waals surface area contributed by atoms with E-state index in [4.69, 9.17) is 5.73 Å². The summed E-state index contributed by atoms with van der Waals surface area (Å²) in [6, 6.07) is 7.58. The van der Waals surface area contributed by atoms with E-state index in [9.17, 15) is 4.79 Å². The second-order valence-corrected chi connectivity index (χ2v) is 4.95. The van der Waals surface area contributed by atoms with Gasteiger partial charge in [0.05, 0.1) is 0 Å².